The van der Waals surface area contributed by atoms with E-state index in [4.69, 9.17) is 5.73 Å². The average molecular weight is 378 g/mol. The minimum absolute atomic E-state index is 0.163. The van der Waals surface area contributed by atoms with Gasteiger partial charge in [-0.15, -0.1) is 0 Å². The lowest BCUT2D eigenvalue weighted by atomic mass is 10.1. The van der Waals surface area contributed by atoms with Crippen molar-refractivity contribution in [2.45, 2.75) is 63.3 Å². The lowest BCUT2D eigenvalue weighted by Crippen LogP contribution is -2.45. The van der Waals surface area contributed by atoms with Gasteiger partial charge >= 0.3 is 0 Å². The maximum atomic E-state index is 13.5. The molecule has 2 rings (SSSR count). The zero-order chi connectivity index (χ0) is 19.0. The lowest BCUT2D eigenvalue weighted by molar-refractivity contribution is 0.300. The zero-order valence-corrected chi connectivity index (χ0v) is 16.7. The molecule has 0 aliphatic carbocycles. The predicted octanol–water partition coefficient (Wildman–Crippen LogP) is 3.93. The summed E-state index contributed by atoms with van der Waals surface area (Å²) >= 11 is 0. The van der Waals surface area contributed by atoms with Gasteiger partial charge in [-0.25, -0.2) is 8.42 Å². The third kappa shape index (κ3) is 4.81. The number of unbranched alkanes of at least 4 members (excludes halogenated alkanes) is 3. The highest BCUT2D eigenvalue weighted by Crippen LogP contribution is 2.27. The highest BCUT2D eigenvalue weighted by atomic mass is 32.2. The van der Waals surface area contributed by atoms with E-state index in [1.807, 2.05) is 6.07 Å². The maximum Gasteiger partial charge on any atom is 0.243 e. The molecule has 0 amide bonds. The Hall–Kier alpha value is -1.50. The van der Waals surface area contributed by atoms with E-state index in [1.54, 1.807) is 34.9 Å². The Morgan fingerprint density at radius 2 is 1.92 bits per heavy atom. The first-order chi connectivity index (χ1) is 12.6. The van der Waals surface area contributed by atoms with Crippen LogP contribution in [0.2, 0.25) is 0 Å². The first-order valence-corrected chi connectivity index (χ1v) is 11.0. The normalized spacial score (nSPS) is 13.4. The Morgan fingerprint density at radius 3 is 2.62 bits per heavy atom. The van der Waals surface area contributed by atoms with Crippen LogP contribution < -0.4 is 5.73 Å². The van der Waals surface area contributed by atoms with E-state index in [2.05, 4.69) is 18.8 Å². The van der Waals surface area contributed by atoms with E-state index in [0.29, 0.717) is 23.4 Å². The fourth-order valence-corrected chi connectivity index (χ4v) is 5.27. The summed E-state index contributed by atoms with van der Waals surface area (Å²) in [5.41, 5.74) is 5.96. The molecule has 1 unspecified atom stereocenters. The van der Waals surface area contributed by atoms with Crippen molar-refractivity contribution in [2.75, 3.05) is 13.1 Å². The smallest absolute Gasteiger partial charge is 0.243 e. The lowest BCUT2D eigenvalue weighted by Gasteiger charge is -2.30. The van der Waals surface area contributed by atoms with E-state index >= 15 is 0 Å². The van der Waals surface area contributed by atoms with Crippen molar-refractivity contribution in [3.8, 4) is 0 Å². The molecule has 0 bridgehead atoms. The fourth-order valence-electron chi connectivity index (χ4n) is 3.35. The minimum Gasteiger partial charge on any atom is -0.329 e. The second-order valence-electron chi connectivity index (χ2n) is 6.71. The van der Waals surface area contributed by atoms with Crippen LogP contribution in [0.3, 0.4) is 0 Å². The van der Waals surface area contributed by atoms with Gasteiger partial charge in [-0.3, -0.25) is 4.98 Å². The van der Waals surface area contributed by atoms with Gasteiger partial charge in [0.25, 0.3) is 0 Å². The Bertz CT molecular complexity index is 787. The summed E-state index contributed by atoms with van der Waals surface area (Å²) in [7, 11) is -3.62. The van der Waals surface area contributed by atoms with E-state index in [9.17, 15) is 8.42 Å². The molecule has 0 aliphatic heterocycles. The summed E-state index contributed by atoms with van der Waals surface area (Å²) in [6.07, 6.45) is 9.15. The quantitative estimate of drug-likeness (QED) is 0.602. The van der Waals surface area contributed by atoms with Crippen LogP contribution in [0.1, 0.15) is 52.4 Å². The summed E-state index contributed by atoms with van der Waals surface area (Å²) in [6.45, 7) is 5.07. The zero-order valence-electron chi connectivity index (χ0n) is 15.9. The third-order valence-electron chi connectivity index (χ3n) is 4.76. The molecule has 0 aliphatic rings. The van der Waals surface area contributed by atoms with Crippen LogP contribution in [-0.4, -0.2) is 36.8 Å². The van der Waals surface area contributed by atoms with Crippen molar-refractivity contribution < 1.29 is 8.42 Å². The van der Waals surface area contributed by atoms with Gasteiger partial charge in [-0.05, 0) is 25.0 Å². The topological polar surface area (TPSA) is 76.3 Å². The van der Waals surface area contributed by atoms with Crippen molar-refractivity contribution in [2.24, 2.45) is 5.73 Å². The summed E-state index contributed by atoms with van der Waals surface area (Å²) in [5, 5.41) is 1.55. The van der Waals surface area contributed by atoms with Gasteiger partial charge in [0.15, 0.2) is 0 Å². The molecule has 0 fully saturated rings. The first kappa shape index (κ1) is 20.8. The monoisotopic (exact) mass is 377 g/mol. The summed E-state index contributed by atoms with van der Waals surface area (Å²) in [5.74, 6) is 0. The molecule has 0 saturated heterocycles. The number of nitrogens with two attached hydrogens (primary N) is 1. The van der Waals surface area contributed by atoms with Gasteiger partial charge < -0.3 is 5.73 Å². The Morgan fingerprint density at radius 1 is 1.12 bits per heavy atom. The van der Waals surface area contributed by atoms with Gasteiger partial charge in [0, 0.05) is 42.3 Å². The first-order valence-electron chi connectivity index (χ1n) is 9.60. The second kappa shape index (κ2) is 10.00. The maximum absolute atomic E-state index is 13.5. The van der Waals surface area contributed by atoms with Gasteiger partial charge in [0.1, 0.15) is 0 Å². The number of nitrogens with zero attached hydrogens (tertiary/aromatic N) is 2. The number of hydrogen-bond donors (Lipinski definition) is 1. The van der Waals surface area contributed by atoms with Crippen LogP contribution in [0.25, 0.3) is 10.8 Å². The number of fused-ring (bicyclic) bond motifs is 1. The Balaban J connectivity index is 2.42. The van der Waals surface area contributed by atoms with E-state index < -0.39 is 10.0 Å². The Kier molecular flexibility index (Phi) is 8.00. The summed E-state index contributed by atoms with van der Waals surface area (Å²) < 4.78 is 28.7. The molecule has 6 heteroatoms. The van der Waals surface area contributed by atoms with Crippen molar-refractivity contribution in [3.05, 3.63) is 36.7 Å². The SMILES string of the molecule is CCCCCCN(C(CN)CCC)S(=O)(=O)c1cccc2cnccc12. The largest absolute Gasteiger partial charge is 0.329 e. The number of sulfonamides is 1. The van der Waals surface area contributed by atoms with Crippen LogP contribution in [0.5, 0.6) is 0 Å². The van der Waals surface area contributed by atoms with Crippen LogP contribution in [0.15, 0.2) is 41.6 Å². The van der Waals surface area contributed by atoms with E-state index in [1.165, 1.54) is 0 Å². The molecule has 26 heavy (non-hydrogen) atoms. The molecule has 0 spiro atoms. The molecule has 1 atom stereocenters. The summed E-state index contributed by atoms with van der Waals surface area (Å²) in [4.78, 5) is 4.45. The molecule has 2 N–H and O–H groups in total. The predicted molar refractivity (Wildman–Crippen MR) is 108 cm³/mol. The van der Waals surface area contributed by atoms with Gasteiger partial charge in [-0.2, -0.15) is 4.31 Å². The van der Waals surface area contributed by atoms with Crippen LogP contribution in [-0.2, 0) is 10.0 Å². The van der Waals surface area contributed by atoms with Gasteiger partial charge in [0.05, 0.1) is 4.90 Å². The van der Waals surface area contributed by atoms with Gasteiger partial charge in [0.2, 0.25) is 10.0 Å². The second-order valence-corrected chi connectivity index (χ2v) is 8.57. The molecule has 0 radical (unpaired) electrons. The van der Waals surface area contributed by atoms with Crippen LogP contribution >= 0.6 is 0 Å². The molecule has 2 aromatic rings. The Labute approximate surface area is 157 Å². The molecule has 1 heterocycles. The average Bonchev–Trinajstić information content (AvgIpc) is 2.66. The third-order valence-corrected chi connectivity index (χ3v) is 6.77. The van der Waals surface area contributed by atoms with E-state index in [0.717, 1.165) is 43.9 Å². The number of aromatic nitrogens is 1. The van der Waals surface area contributed by atoms with Crippen molar-refractivity contribution in [3.63, 3.8) is 0 Å². The van der Waals surface area contributed by atoms with Crippen molar-refractivity contribution in [1.82, 2.24) is 9.29 Å². The molecule has 1 aromatic heterocycles. The number of rotatable bonds is 11. The number of pyridine rings is 1. The van der Waals surface area contributed by atoms with Crippen molar-refractivity contribution in [1.29, 1.82) is 0 Å². The van der Waals surface area contributed by atoms with Crippen LogP contribution in [0.4, 0.5) is 0 Å². The van der Waals surface area contributed by atoms with Crippen molar-refractivity contribution >= 4 is 20.8 Å². The number of benzene rings is 1. The fraction of sp³-hybridized carbons (Fsp3) is 0.550. The summed E-state index contributed by atoms with van der Waals surface area (Å²) in [6, 6.07) is 6.97. The standard InChI is InChI=1S/C20H31N3O2S/c1-3-5-6-7-14-23(18(15-21)9-4-2)26(24,25)20-11-8-10-17-16-22-13-12-19(17)20/h8,10-13,16,18H,3-7,9,14-15,21H2,1-2H3. The molecule has 144 valence electrons. The molecular weight excluding hydrogens is 346 g/mol. The highest BCUT2D eigenvalue weighted by Gasteiger charge is 2.31. The molecular formula is C20H31N3O2S. The molecule has 0 saturated carbocycles. The highest BCUT2D eigenvalue weighted by molar-refractivity contribution is 7.89. The number of hydrogen-bond acceptors (Lipinski definition) is 4. The molecule has 1 aromatic carbocycles. The van der Waals surface area contributed by atoms with Gasteiger partial charge in [-0.1, -0.05) is 51.7 Å². The van der Waals surface area contributed by atoms with E-state index in [-0.39, 0.29) is 6.04 Å². The molecule has 5 nitrogen and oxygen atoms in total. The minimum atomic E-state index is -3.62. The van der Waals surface area contributed by atoms with Crippen LogP contribution in [0, 0.1) is 0 Å².